The van der Waals surface area contributed by atoms with Gasteiger partial charge in [0, 0.05) is 6.54 Å². The minimum absolute atomic E-state index is 0.0727. The zero-order valence-corrected chi connectivity index (χ0v) is 8.13. The number of hydrogen-bond acceptors (Lipinski definition) is 1. The Balaban J connectivity index is 2.65. The van der Waals surface area contributed by atoms with Crippen molar-refractivity contribution in [1.82, 2.24) is 10.6 Å². The van der Waals surface area contributed by atoms with Gasteiger partial charge in [0.1, 0.15) is 0 Å². The maximum atomic E-state index is 10.9. The van der Waals surface area contributed by atoms with E-state index in [4.69, 9.17) is 0 Å². The largest absolute Gasteiger partial charge is 0.336 e. The van der Waals surface area contributed by atoms with Crippen molar-refractivity contribution in [2.24, 2.45) is 0 Å². The van der Waals surface area contributed by atoms with E-state index in [-0.39, 0.29) is 12.1 Å². The lowest BCUT2D eigenvalue weighted by molar-refractivity contribution is 0.248. The molecule has 1 fully saturated rings. The molecule has 0 spiro atoms. The van der Waals surface area contributed by atoms with Crippen molar-refractivity contribution in [2.75, 3.05) is 6.54 Å². The summed E-state index contributed by atoms with van der Waals surface area (Å²) in [7, 11) is 0. The molecule has 0 saturated carbocycles. The maximum absolute atomic E-state index is 10.9. The minimum Gasteiger partial charge on any atom is -0.336 e. The van der Waals surface area contributed by atoms with E-state index < -0.39 is 0 Å². The van der Waals surface area contributed by atoms with Crippen LogP contribution in [0.3, 0.4) is 0 Å². The van der Waals surface area contributed by atoms with Crippen molar-refractivity contribution in [3.8, 4) is 0 Å². The molecule has 2 amide bonds. The van der Waals surface area contributed by atoms with E-state index in [9.17, 15) is 4.79 Å². The van der Waals surface area contributed by atoms with E-state index >= 15 is 0 Å². The molecule has 0 bridgehead atoms. The summed E-state index contributed by atoms with van der Waals surface area (Å²) in [5.41, 5.74) is 1.18. The van der Waals surface area contributed by atoms with Gasteiger partial charge in [0.2, 0.25) is 0 Å². The van der Waals surface area contributed by atoms with Gasteiger partial charge >= 0.3 is 6.03 Å². The summed E-state index contributed by atoms with van der Waals surface area (Å²) < 4.78 is 0. The van der Waals surface area contributed by atoms with Crippen LogP contribution < -0.4 is 10.6 Å². The average molecular weight is 180 g/mol. The molecule has 0 aliphatic carbocycles. The van der Waals surface area contributed by atoms with Crippen LogP contribution in [0.2, 0.25) is 0 Å². The second kappa shape index (κ2) is 4.70. The van der Waals surface area contributed by atoms with Gasteiger partial charge in [-0.3, -0.25) is 0 Å². The first-order chi connectivity index (χ1) is 6.27. The van der Waals surface area contributed by atoms with Crippen LogP contribution in [-0.2, 0) is 0 Å². The highest BCUT2D eigenvalue weighted by Crippen LogP contribution is 2.08. The lowest BCUT2D eigenvalue weighted by Crippen LogP contribution is -2.27. The molecule has 3 heteroatoms. The first-order valence-electron chi connectivity index (χ1n) is 4.65. The van der Waals surface area contributed by atoms with Crippen molar-refractivity contribution in [3.05, 3.63) is 23.8 Å². The Labute approximate surface area is 78.9 Å². The molecule has 1 aliphatic heterocycles. The molecule has 1 saturated heterocycles. The second-order valence-electron chi connectivity index (χ2n) is 3.02. The van der Waals surface area contributed by atoms with E-state index in [0.29, 0.717) is 6.54 Å². The quantitative estimate of drug-likeness (QED) is 0.636. The smallest absolute Gasteiger partial charge is 0.315 e. The van der Waals surface area contributed by atoms with Crippen LogP contribution in [-0.4, -0.2) is 18.6 Å². The normalized spacial score (nSPS) is 23.4. The molecule has 1 atom stereocenters. The van der Waals surface area contributed by atoms with Gasteiger partial charge in [-0.05, 0) is 18.9 Å². The summed E-state index contributed by atoms with van der Waals surface area (Å²) in [6.45, 7) is 4.76. The Morgan fingerprint density at radius 1 is 1.69 bits per heavy atom. The zero-order valence-electron chi connectivity index (χ0n) is 8.13. The number of nitrogens with one attached hydrogen (secondary N) is 2. The number of hydrogen-bond donors (Lipinski definition) is 2. The first-order valence-corrected chi connectivity index (χ1v) is 4.65. The Hall–Kier alpha value is -1.25. The zero-order chi connectivity index (χ0) is 9.68. The van der Waals surface area contributed by atoms with Gasteiger partial charge in [-0.25, -0.2) is 4.79 Å². The fourth-order valence-electron chi connectivity index (χ4n) is 1.41. The molecule has 1 heterocycles. The van der Waals surface area contributed by atoms with Gasteiger partial charge in [0.15, 0.2) is 0 Å². The Morgan fingerprint density at radius 2 is 2.46 bits per heavy atom. The molecule has 2 N–H and O–H groups in total. The number of amides is 2. The topological polar surface area (TPSA) is 41.1 Å². The lowest BCUT2D eigenvalue weighted by Gasteiger charge is -2.09. The van der Waals surface area contributed by atoms with E-state index in [2.05, 4.69) is 23.6 Å². The summed E-state index contributed by atoms with van der Waals surface area (Å²) in [6, 6.07) is 0.0696. The van der Waals surface area contributed by atoms with Crippen LogP contribution >= 0.6 is 0 Å². The van der Waals surface area contributed by atoms with Crippen LogP contribution in [0.5, 0.6) is 0 Å². The van der Waals surface area contributed by atoms with Crippen LogP contribution in [0.4, 0.5) is 4.79 Å². The first kappa shape index (κ1) is 9.84. The highest BCUT2D eigenvalue weighted by atomic mass is 16.2. The molecule has 1 rings (SSSR count). The molecule has 13 heavy (non-hydrogen) atoms. The summed E-state index contributed by atoms with van der Waals surface area (Å²) >= 11 is 0. The van der Waals surface area contributed by atoms with Crippen LogP contribution in [0, 0.1) is 0 Å². The maximum Gasteiger partial charge on any atom is 0.315 e. The Morgan fingerprint density at radius 3 is 2.92 bits per heavy atom. The molecule has 0 aromatic carbocycles. The molecule has 1 unspecified atom stereocenters. The van der Waals surface area contributed by atoms with Gasteiger partial charge in [0.25, 0.3) is 0 Å². The van der Waals surface area contributed by atoms with Crippen LogP contribution in [0.1, 0.15) is 20.3 Å². The molecule has 72 valence electrons. The average Bonchev–Trinajstić information content (AvgIpc) is 2.51. The van der Waals surface area contributed by atoms with Gasteiger partial charge in [-0.2, -0.15) is 0 Å². The summed E-state index contributed by atoms with van der Waals surface area (Å²) in [5.74, 6) is 0. The highest BCUT2D eigenvalue weighted by molar-refractivity contribution is 5.77. The predicted octanol–water partition coefficient (Wildman–Crippen LogP) is 1.58. The molecule has 0 radical (unpaired) electrons. The monoisotopic (exact) mass is 180 g/mol. The van der Waals surface area contributed by atoms with E-state index in [1.807, 2.05) is 19.1 Å². The number of carbonyl (C=O) groups excluding carboxylic acids is 1. The summed E-state index contributed by atoms with van der Waals surface area (Å²) in [6.07, 6.45) is 7.16. The van der Waals surface area contributed by atoms with Gasteiger partial charge < -0.3 is 10.6 Å². The third-order valence-corrected chi connectivity index (χ3v) is 1.97. The third kappa shape index (κ3) is 2.61. The molecule has 0 aromatic heterocycles. The summed E-state index contributed by atoms with van der Waals surface area (Å²) in [5, 5.41) is 5.60. The molecule has 1 aliphatic rings. The minimum atomic E-state index is -0.0727. The molecule has 0 aromatic rings. The molecular weight excluding hydrogens is 164 g/mol. The summed E-state index contributed by atoms with van der Waals surface area (Å²) in [4.78, 5) is 10.9. The number of allylic oxidation sites excluding steroid dienone is 2. The van der Waals surface area contributed by atoms with E-state index in [0.717, 1.165) is 6.42 Å². The number of carbonyl (C=O) groups is 1. The van der Waals surface area contributed by atoms with Gasteiger partial charge in [-0.15, -0.1) is 0 Å². The fraction of sp³-hybridized carbons (Fsp3) is 0.500. The van der Waals surface area contributed by atoms with Crippen molar-refractivity contribution < 1.29 is 4.79 Å². The highest BCUT2D eigenvalue weighted by Gasteiger charge is 2.21. The second-order valence-corrected chi connectivity index (χ2v) is 3.02. The number of urea groups is 1. The Kier molecular flexibility index (Phi) is 3.55. The van der Waals surface area contributed by atoms with Crippen molar-refractivity contribution >= 4 is 6.03 Å². The predicted molar refractivity (Wildman–Crippen MR) is 53.5 cm³/mol. The number of rotatable bonds is 3. The van der Waals surface area contributed by atoms with Crippen molar-refractivity contribution in [1.29, 1.82) is 0 Å². The van der Waals surface area contributed by atoms with Gasteiger partial charge in [-0.1, -0.05) is 25.2 Å². The SMILES string of the molecule is C/C=C\C(=C/CC)C1CNC(=O)N1. The lowest BCUT2D eigenvalue weighted by atomic mass is 10.1. The fourth-order valence-corrected chi connectivity index (χ4v) is 1.41. The van der Waals surface area contributed by atoms with Crippen LogP contribution in [0.15, 0.2) is 23.8 Å². The van der Waals surface area contributed by atoms with Crippen molar-refractivity contribution in [2.45, 2.75) is 26.3 Å². The van der Waals surface area contributed by atoms with E-state index in [1.54, 1.807) is 0 Å². The van der Waals surface area contributed by atoms with Gasteiger partial charge in [0.05, 0.1) is 6.04 Å². The third-order valence-electron chi connectivity index (χ3n) is 1.97. The Bertz CT molecular complexity index is 243. The van der Waals surface area contributed by atoms with Crippen LogP contribution in [0.25, 0.3) is 0 Å². The standard InChI is InChI=1S/C10H16N2O/c1-3-5-8(6-4-2)9-7-11-10(13)12-9/h3,5-6,9H,4,7H2,1-2H3,(H2,11,12,13)/b5-3-,8-6+. The molecule has 3 nitrogen and oxygen atoms in total. The molecular formula is C10H16N2O. The van der Waals surface area contributed by atoms with Crippen molar-refractivity contribution in [3.63, 3.8) is 0 Å². The van der Waals surface area contributed by atoms with E-state index in [1.165, 1.54) is 5.57 Å².